The minimum absolute atomic E-state index is 0.200. The zero-order chi connectivity index (χ0) is 14.5. The Morgan fingerprint density at radius 3 is 2.05 bits per heavy atom. The number of hydrogen-bond acceptors (Lipinski definition) is 3. The van der Waals surface area contributed by atoms with Gasteiger partial charge >= 0.3 is 0 Å². The van der Waals surface area contributed by atoms with Crippen molar-refractivity contribution in [2.75, 3.05) is 6.61 Å². The molecule has 0 saturated carbocycles. The second-order valence-corrected chi connectivity index (χ2v) is 7.25. The highest BCUT2D eigenvalue weighted by atomic mass is 16.5. The number of piperidine rings is 1. The maximum absolute atomic E-state index is 10.2. The average molecular weight is 271 g/mol. The Kier molecular flexibility index (Phi) is 6.28. The van der Waals surface area contributed by atoms with Crippen molar-refractivity contribution < 1.29 is 9.94 Å². The lowest BCUT2D eigenvalue weighted by molar-refractivity contribution is -0.261. The van der Waals surface area contributed by atoms with Crippen molar-refractivity contribution >= 4 is 0 Å². The van der Waals surface area contributed by atoms with E-state index in [9.17, 15) is 5.21 Å². The van der Waals surface area contributed by atoms with Crippen LogP contribution in [0.15, 0.2) is 0 Å². The molecule has 1 aliphatic heterocycles. The fourth-order valence-electron chi connectivity index (χ4n) is 3.25. The normalized spacial score (nSPS) is 23.7. The first-order valence-corrected chi connectivity index (χ1v) is 7.90. The van der Waals surface area contributed by atoms with Crippen LogP contribution in [0.3, 0.4) is 0 Å². The lowest BCUT2D eigenvalue weighted by Crippen LogP contribution is -2.60. The summed E-state index contributed by atoms with van der Waals surface area (Å²) in [6.07, 6.45) is 8.48. The fourth-order valence-corrected chi connectivity index (χ4v) is 3.25. The molecule has 1 rings (SSSR count). The Hall–Kier alpha value is -0.120. The van der Waals surface area contributed by atoms with Crippen LogP contribution >= 0.6 is 0 Å². The Morgan fingerprint density at radius 1 is 1.00 bits per heavy atom. The smallest absolute Gasteiger partial charge is 0.0611 e. The van der Waals surface area contributed by atoms with Crippen molar-refractivity contribution in [3.8, 4) is 0 Å². The topological polar surface area (TPSA) is 32.7 Å². The molecule has 1 N–H and O–H groups in total. The van der Waals surface area contributed by atoms with Gasteiger partial charge in [0.1, 0.15) is 0 Å². The lowest BCUT2D eigenvalue weighted by Gasteiger charge is -2.51. The van der Waals surface area contributed by atoms with Crippen molar-refractivity contribution in [2.45, 2.75) is 96.7 Å². The zero-order valence-corrected chi connectivity index (χ0v) is 13.5. The van der Waals surface area contributed by atoms with Gasteiger partial charge < -0.3 is 9.94 Å². The zero-order valence-electron chi connectivity index (χ0n) is 13.5. The van der Waals surface area contributed by atoms with Gasteiger partial charge in [-0.15, -0.1) is 0 Å². The second-order valence-electron chi connectivity index (χ2n) is 7.25. The molecule has 114 valence electrons. The highest BCUT2D eigenvalue weighted by Gasteiger charge is 2.45. The molecule has 0 bridgehead atoms. The first-order chi connectivity index (χ1) is 8.79. The largest absolute Gasteiger partial charge is 0.378 e. The van der Waals surface area contributed by atoms with Gasteiger partial charge in [-0.3, -0.25) is 0 Å². The average Bonchev–Trinajstić information content (AvgIpc) is 2.30. The van der Waals surface area contributed by atoms with E-state index in [4.69, 9.17) is 4.74 Å². The predicted molar refractivity (Wildman–Crippen MR) is 79.5 cm³/mol. The molecule has 1 saturated heterocycles. The second kappa shape index (κ2) is 7.05. The Labute approximate surface area is 119 Å². The number of nitrogens with zero attached hydrogens (tertiary/aromatic N) is 1. The monoisotopic (exact) mass is 271 g/mol. The third kappa shape index (κ3) is 5.05. The molecule has 1 heterocycles. The molecule has 1 aliphatic rings. The van der Waals surface area contributed by atoms with E-state index < -0.39 is 0 Å². The summed E-state index contributed by atoms with van der Waals surface area (Å²) in [7, 11) is 0. The summed E-state index contributed by atoms with van der Waals surface area (Å²) in [6.45, 7) is 11.5. The SMILES string of the molecule is CCCCCCCOC1CC(C)(C)N(O)C(C)(C)C1. The maximum Gasteiger partial charge on any atom is 0.0611 e. The van der Waals surface area contributed by atoms with Gasteiger partial charge in [0.25, 0.3) is 0 Å². The molecule has 0 aromatic rings. The van der Waals surface area contributed by atoms with Crippen LogP contribution in [0.4, 0.5) is 0 Å². The molecule has 0 atom stereocenters. The van der Waals surface area contributed by atoms with Crippen LogP contribution in [0.5, 0.6) is 0 Å². The summed E-state index contributed by atoms with van der Waals surface area (Å²) < 4.78 is 6.04. The molecule has 3 heteroatoms. The van der Waals surface area contributed by atoms with Crippen molar-refractivity contribution in [2.24, 2.45) is 0 Å². The third-order valence-electron chi connectivity index (χ3n) is 4.20. The van der Waals surface area contributed by atoms with Gasteiger partial charge in [-0.1, -0.05) is 32.6 Å². The molecule has 0 radical (unpaired) electrons. The van der Waals surface area contributed by atoms with E-state index in [1.807, 2.05) is 0 Å². The molecule has 3 nitrogen and oxygen atoms in total. The molecule has 0 aromatic carbocycles. The molecular formula is C16H33NO2. The number of rotatable bonds is 7. The van der Waals surface area contributed by atoms with Crippen molar-refractivity contribution in [1.29, 1.82) is 0 Å². The van der Waals surface area contributed by atoms with E-state index >= 15 is 0 Å². The third-order valence-corrected chi connectivity index (χ3v) is 4.20. The molecular weight excluding hydrogens is 238 g/mol. The minimum atomic E-state index is -0.200. The van der Waals surface area contributed by atoms with Crippen LogP contribution in [-0.4, -0.2) is 34.1 Å². The summed E-state index contributed by atoms with van der Waals surface area (Å²) >= 11 is 0. The van der Waals surface area contributed by atoms with E-state index in [1.54, 1.807) is 0 Å². The highest BCUT2D eigenvalue weighted by molar-refractivity contribution is 4.96. The van der Waals surface area contributed by atoms with Gasteiger partial charge in [-0.25, -0.2) is 0 Å². The van der Waals surface area contributed by atoms with Gasteiger partial charge in [0, 0.05) is 17.7 Å². The lowest BCUT2D eigenvalue weighted by atomic mass is 9.80. The standard InChI is InChI=1S/C16H33NO2/c1-6-7-8-9-10-11-19-14-12-15(2,3)17(18)16(4,5)13-14/h14,18H,6-13H2,1-5H3. The van der Waals surface area contributed by atoms with E-state index in [0.717, 1.165) is 19.4 Å². The van der Waals surface area contributed by atoms with Crippen LogP contribution in [0.2, 0.25) is 0 Å². The van der Waals surface area contributed by atoms with Crippen LogP contribution in [0.25, 0.3) is 0 Å². The van der Waals surface area contributed by atoms with Gasteiger partial charge in [-0.2, -0.15) is 5.06 Å². The van der Waals surface area contributed by atoms with Crippen LogP contribution in [0, 0.1) is 0 Å². The number of hydrogen-bond donors (Lipinski definition) is 1. The quantitative estimate of drug-likeness (QED) is 0.697. The fraction of sp³-hybridized carbons (Fsp3) is 1.00. The summed E-state index contributed by atoms with van der Waals surface area (Å²) in [6, 6.07) is 0. The molecule has 1 fully saturated rings. The maximum atomic E-state index is 10.2. The first-order valence-electron chi connectivity index (χ1n) is 7.90. The minimum Gasteiger partial charge on any atom is -0.378 e. The van der Waals surface area contributed by atoms with Crippen LogP contribution in [0.1, 0.15) is 79.6 Å². The summed E-state index contributed by atoms with van der Waals surface area (Å²) in [5.41, 5.74) is -0.400. The summed E-state index contributed by atoms with van der Waals surface area (Å²) in [4.78, 5) is 0. The van der Waals surface area contributed by atoms with E-state index in [1.165, 1.54) is 37.2 Å². The molecule has 0 spiro atoms. The van der Waals surface area contributed by atoms with Gasteiger partial charge in [0.15, 0.2) is 0 Å². The number of hydroxylamine groups is 2. The van der Waals surface area contributed by atoms with Gasteiger partial charge in [-0.05, 0) is 47.0 Å². The molecule has 0 aliphatic carbocycles. The van der Waals surface area contributed by atoms with Crippen LogP contribution in [-0.2, 0) is 4.74 Å². The van der Waals surface area contributed by atoms with Crippen molar-refractivity contribution in [1.82, 2.24) is 5.06 Å². The van der Waals surface area contributed by atoms with Gasteiger partial charge in [0.05, 0.1) is 6.10 Å². The van der Waals surface area contributed by atoms with E-state index in [0.29, 0.717) is 0 Å². The van der Waals surface area contributed by atoms with Crippen molar-refractivity contribution in [3.05, 3.63) is 0 Å². The van der Waals surface area contributed by atoms with E-state index in [-0.39, 0.29) is 17.2 Å². The van der Waals surface area contributed by atoms with E-state index in [2.05, 4.69) is 34.6 Å². The van der Waals surface area contributed by atoms with Crippen LogP contribution < -0.4 is 0 Å². The number of ether oxygens (including phenoxy) is 1. The molecule has 0 aromatic heterocycles. The molecule has 0 unspecified atom stereocenters. The summed E-state index contributed by atoms with van der Waals surface area (Å²) in [5.74, 6) is 0. The first kappa shape index (κ1) is 16.9. The Bertz CT molecular complexity index is 245. The van der Waals surface area contributed by atoms with Gasteiger partial charge in [0.2, 0.25) is 0 Å². The predicted octanol–water partition coefficient (Wildman–Crippen LogP) is 4.38. The summed E-state index contributed by atoms with van der Waals surface area (Å²) in [5, 5.41) is 11.7. The number of unbranched alkanes of at least 4 members (excludes halogenated alkanes) is 4. The highest BCUT2D eigenvalue weighted by Crippen LogP contribution is 2.37. The Balaban J connectivity index is 2.31. The Morgan fingerprint density at radius 2 is 1.53 bits per heavy atom. The van der Waals surface area contributed by atoms with Crippen molar-refractivity contribution in [3.63, 3.8) is 0 Å². The molecule has 0 amide bonds. The molecule has 19 heavy (non-hydrogen) atoms.